The van der Waals surface area contributed by atoms with Gasteiger partial charge in [-0.1, -0.05) is 25.5 Å². The highest BCUT2D eigenvalue weighted by molar-refractivity contribution is 7.99. The lowest BCUT2D eigenvalue weighted by molar-refractivity contribution is -0.140. The molecule has 0 atom stereocenters. The molecule has 0 aliphatic heterocycles. The molecule has 0 radical (unpaired) electrons. The summed E-state index contributed by atoms with van der Waals surface area (Å²) in [6.07, 6.45) is 0.336. The van der Waals surface area contributed by atoms with Crippen LogP contribution in [-0.4, -0.2) is 24.6 Å². The fourth-order valence-electron chi connectivity index (χ4n) is 1.70. The van der Waals surface area contributed by atoms with Crippen LogP contribution in [0, 0.1) is 12.8 Å². The van der Waals surface area contributed by atoms with Gasteiger partial charge in [-0.05, 0) is 25.0 Å². The highest BCUT2D eigenvalue weighted by Crippen LogP contribution is 2.27. The maximum atomic E-state index is 12.3. The second-order valence-corrected chi connectivity index (χ2v) is 6.27. The molecule has 0 aliphatic rings. The largest absolute Gasteiger partial charge is 0.469 e. The first-order valence-corrected chi connectivity index (χ1v) is 7.76. The minimum absolute atomic E-state index is 0.00496. The highest BCUT2D eigenvalue weighted by Gasteiger charge is 2.14. The number of Topliss-reactive ketones (excluding diaryl/α,β-unsaturated/α-hetero) is 1. The number of carbonyl (C=O) groups is 2. The van der Waals surface area contributed by atoms with Crippen molar-refractivity contribution in [1.29, 1.82) is 0 Å². The van der Waals surface area contributed by atoms with E-state index in [1.807, 2.05) is 25.1 Å². The average Bonchev–Trinajstić information content (AvgIpc) is 2.42. The Hall–Kier alpha value is -1.29. The lowest BCUT2D eigenvalue weighted by Crippen LogP contribution is -2.07. The Morgan fingerprint density at radius 1 is 1.25 bits per heavy atom. The smallest absolute Gasteiger partial charge is 0.305 e. The Morgan fingerprint density at radius 3 is 2.55 bits per heavy atom. The second kappa shape index (κ2) is 8.10. The predicted octanol–water partition coefficient (Wildman–Crippen LogP) is 3.88. The van der Waals surface area contributed by atoms with Gasteiger partial charge in [0.15, 0.2) is 5.78 Å². The van der Waals surface area contributed by atoms with Crippen molar-refractivity contribution in [2.75, 3.05) is 12.9 Å². The number of carbonyl (C=O) groups excluding carboxylic acids is 2. The maximum absolute atomic E-state index is 12.3. The third-order valence-corrected chi connectivity index (χ3v) is 4.29. The van der Waals surface area contributed by atoms with Gasteiger partial charge in [0, 0.05) is 22.6 Å². The molecule has 0 saturated heterocycles. The van der Waals surface area contributed by atoms with Crippen LogP contribution in [0.3, 0.4) is 0 Å². The molecule has 0 saturated carbocycles. The Kier molecular flexibility index (Phi) is 6.79. The number of esters is 1. The first-order chi connectivity index (χ1) is 9.43. The van der Waals surface area contributed by atoms with Crippen LogP contribution in [-0.2, 0) is 9.53 Å². The van der Waals surface area contributed by atoms with Gasteiger partial charge in [0.25, 0.3) is 0 Å². The van der Waals surface area contributed by atoms with E-state index < -0.39 is 0 Å². The van der Waals surface area contributed by atoms with Crippen LogP contribution in [0.4, 0.5) is 0 Å². The lowest BCUT2D eigenvalue weighted by atomic mass is 10.0. The zero-order valence-electron chi connectivity index (χ0n) is 12.6. The Balaban J connectivity index is 2.82. The summed E-state index contributed by atoms with van der Waals surface area (Å²) in [4.78, 5) is 24.4. The molecule has 0 amide bonds. The molecule has 0 bridgehead atoms. The minimum atomic E-state index is -0.345. The van der Waals surface area contributed by atoms with Gasteiger partial charge in [0.2, 0.25) is 0 Å². The van der Waals surface area contributed by atoms with Gasteiger partial charge in [-0.15, -0.1) is 11.8 Å². The van der Waals surface area contributed by atoms with Crippen LogP contribution in [0.2, 0.25) is 0 Å². The van der Waals surface area contributed by atoms with Gasteiger partial charge in [-0.2, -0.15) is 0 Å². The van der Waals surface area contributed by atoms with E-state index >= 15 is 0 Å². The normalized spacial score (nSPS) is 10.7. The molecule has 0 N–H and O–H groups in total. The van der Waals surface area contributed by atoms with E-state index in [0.29, 0.717) is 5.92 Å². The van der Waals surface area contributed by atoms with Crippen molar-refractivity contribution in [3.63, 3.8) is 0 Å². The molecule has 0 spiro atoms. The summed E-state index contributed by atoms with van der Waals surface area (Å²) in [5.41, 5.74) is 1.78. The van der Waals surface area contributed by atoms with Crippen molar-refractivity contribution in [3.05, 3.63) is 29.3 Å². The zero-order chi connectivity index (χ0) is 15.1. The molecule has 0 fully saturated rings. The van der Waals surface area contributed by atoms with E-state index in [2.05, 4.69) is 18.6 Å². The summed E-state index contributed by atoms with van der Waals surface area (Å²) in [7, 11) is 1.34. The summed E-state index contributed by atoms with van der Waals surface area (Å²) in [6.45, 7) is 6.27. The molecule has 20 heavy (non-hydrogen) atoms. The number of hydrogen-bond donors (Lipinski definition) is 0. The number of ether oxygens (including phenoxy) is 1. The molecule has 4 heteroatoms. The van der Waals surface area contributed by atoms with E-state index in [-0.39, 0.29) is 24.6 Å². The van der Waals surface area contributed by atoms with Crippen molar-refractivity contribution in [2.24, 2.45) is 5.92 Å². The number of hydrogen-bond acceptors (Lipinski definition) is 4. The van der Waals surface area contributed by atoms with Crippen LogP contribution < -0.4 is 0 Å². The Bertz CT molecular complexity index is 481. The van der Waals surface area contributed by atoms with E-state index in [4.69, 9.17) is 0 Å². The van der Waals surface area contributed by atoms with Crippen LogP contribution in [0.5, 0.6) is 0 Å². The summed E-state index contributed by atoms with van der Waals surface area (Å²) >= 11 is 1.70. The number of ketones is 1. The molecule has 0 aliphatic carbocycles. The van der Waals surface area contributed by atoms with Crippen LogP contribution in [0.25, 0.3) is 0 Å². The molecular formula is C16H22O3S. The van der Waals surface area contributed by atoms with E-state index in [1.165, 1.54) is 7.11 Å². The molecule has 0 unspecified atom stereocenters. The van der Waals surface area contributed by atoms with E-state index in [9.17, 15) is 9.59 Å². The standard InChI is InChI=1S/C16H22O3S/c1-11(2)10-20-15-7-5-12(3)9-13(15)14(17)6-8-16(18)19-4/h5,7,9,11H,6,8,10H2,1-4H3. The second-order valence-electron chi connectivity index (χ2n) is 5.20. The van der Waals surface area contributed by atoms with Crippen molar-refractivity contribution in [1.82, 2.24) is 0 Å². The molecule has 1 rings (SSSR count). The Morgan fingerprint density at radius 2 is 1.95 bits per heavy atom. The average molecular weight is 294 g/mol. The highest BCUT2D eigenvalue weighted by atomic mass is 32.2. The summed E-state index contributed by atoms with van der Waals surface area (Å²) in [5.74, 6) is 1.20. The first kappa shape index (κ1) is 16.8. The SMILES string of the molecule is COC(=O)CCC(=O)c1cc(C)ccc1SCC(C)C. The van der Waals surface area contributed by atoms with E-state index in [0.717, 1.165) is 21.8 Å². The molecule has 0 heterocycles. The molecule has 3 nitrogen and oxygen atoms in total. The van der Waals surface area contributed by atoms with Gasteiger partial charge in [0.05, 0.1) is 13.5 Å². The van der Waals surface area contributed by atoms with Crippen molar-refractivity contribution >= 4 is 23.5 Å². The van der Waals surface area contributed by atoms with Gasteiger partial charge in [0.1, 0.15) is 0 Å². The molecule has 1 aromatic carbocycles. The van der Waals surface area contributed by atoms with Crippen molar-refractivity contribution in [2.45, 2.75) is 38.5 Å². The van der Waals surface area contributed by atoms with Gasteiger partial charge >= 0.3 is 5.97 Å². The van der Waals surface area contributed by atoms with Crippen molar-refractivity contribution < 1.29 is 14.3 Å². The Labute approximate surface area is 125 Å². The quantitative estimate of drug-likeness (QED) is 0.435. The zero-order valence-corrected chi connectivity index (χ0v) is 13.4. The third-order valence-electron chi connectivity index (χ3n) is 2.79. The lowest BCUT2D eigenvalue weighted by Gasteiger charge is -2.11. The topological polar surface area (TPSA) is 43.4 Å². The van der Waals surface area contributed by atoms with Crippen LogP contribution in [0.15, 0.2) is 23.1 Å². The van der Waals surface area contributed by atoms with Gasteiger partial charge < -0.3 is 4.74 Å². The molecule has 0 aromatic heterocycles. The molecule has 1 aromatic rings. The monoisotopic (exact) mass is 294 g/mol. The summed E-state index contributed by atoms with van der Waals surface area (Å²) in [5, 5.41) is 0. The first-order valence-electron chi connectivity index (χ1n) is 6.77. The fraction of sp³-hybridized carbons (Fsp3) is 0.500. The minimum Gasteiger partial charge on any atom is -0.469 e. The number of aryl methyl sites for hydroxylation is 1. The van der Waals surface area contributed by atoms with Gasteiger partial charge in [-0.25, -0.2) is 0 Å². The summed E-state index contributed by atoms with van der Waals surface area (Å²) in [6, 6.07) is 5.91. The van der Waals surface area contributed by atoms with E-state index in [1.54, 1.807) is 11.8 Å². The van der Waals surface area contributed by atoms with Crippen molar-refractivity contribution in [3.8, 4) is 0 Å². The number of benzene rings is 1. The number of rotatable bonds is 7. The number of methoxy groups -OCH3 is 1. The van der Waals surface area contributed by atoms with Crippen LogP contribution >= 0.6 is 11.8 Å². The number of thioether (sulfide) groups is 1. The molecular weight excluding hydrogens is 272 g/mol. The summed E-state index contributed by atoms with van der Waals surface area (Å²) < 4.78 is 4.57. The van der Waals surface area contributed by atoms with Gasteiger partial charge in [-0.3, -0.25) is 9.59 Å². The maximum Gasteiger partial charge on any atom is 0.305 e. The third kappa shape index (κ3) is 5.37. The predicted molar refractivity (Wildman–Crippen MR) is 82.3 cm³/mol. The fourth-order valence-corrected chi connectivity index (χ4v) is 2.70. The van der Waals surface area contributed by atoms with Crippen LogP contribution in [0.1, 0.15) is 42.6 Å². The molecule has 110 valence electrons.